The van der Waals surface area contributed by atoms with E-state index in [1.54, 1.807) is 0 Å². The highest BCUT2D eigenvalue weighted by molar-refractivity contribution is 6.58. The summed E-state index contributed by atoms with van der Waals surface area (Å²) in [5.41, 5.74) is -3.59. The fourth-order valence-electron chi connectivity index (χ4n) is 0.842. The molecule has 76 valence electrons. The topological polar surface area (TPSA) is 49.7 Å². The number of halogens is 3. The molecule has 0 radical (unpaired) electrons. The van der Waals surface area contributed by atoms with Crippen molar-refractivity contribution in [3.63, 3.8) is 0 Å². The molecule has 7 heteroatoms. The van der Waals surface area contributed by atoms with E-state index in [1.165, 1.54) is 12.1 Å². The normalized spacial score (nSPS) is 11.2. The van der Waals surface area contributed by atoms with E-state index < -0.39 is 12.7 Å². The van der Waals surface area contributed by atoms with Gasteiger partial charge in [-0.1, -0.05) is 12.1 Å². The molecule has 0 aromatic heterocycles. The van der Waals surface area contributed by atoms with Crippen molar-refractivity contribution in [3.8, 4) is 5.75 Å². The number of ether oxygens (including phenoxy) is 1. The van der Waals surface area contributed by atoms with Gasteiger partial charge in [0.25, 0.3) is 0 Å². The van der Waals surface area contributed by atoms with Gasteiger partial charge in [-0.2, -0.15) is 0 Å². The van der Waals surface area contributed by atoms with Crippen LogP contribution in [0.25, 0.3) is 0 Å². The molecule has 0 aliphatic heterocycles. The van der Waals surface area contributed by atoms with E-state index in [9.17, 15) is 8.78 Å². The van der Waals surface area contributed by atoms with Gasteiger partial charge >= 0.3 is 12.7 Å². The van der Waals surface area contributed by atoms with Gasteiger partial charge in [0.1, 0.15) is 5.75 Å². The van der Waals surface area contributed by atoms with Crippen molar-refractivity contribution in [3.05, 3.63) is 24.3 Å². The lowest BCUT2D eigenvalue weighted by Gasteiger charge is -2.10. The molecular weight excluding hydrogens is 216 g/mol. The Hall–Kier alpha value is -0.845. The summed E-state index contributed by atoms with van der Waals surface area (Å²) in [6.45, 7) is 0. The number of hydrogen-bond donors (Lipinski definition) is 2. The third kappa shape index (κ3) is 3.49. The maximum Gasteiger partial charge on any atom is 0.488 e. The summed E-state index contributed by atoms with van der Waals surface area (Å²) in [6.07, 6.45) is 0. The molecule has 2 N–H and O–H groups in total. The van der Waals surface area contributed by atoms with E-state index in [-0.39, 0.29) is 11.2 Å². The van der Waals surface area contributed by atoms with E-state index in [1.807, 2.05) is 0 Å². The molecule has 0 unspecified atom stereocenters. The summed E-state index contributed by atoms with van der Waals surface area (Å²) in [5.74, 6) is -0.158. The van der Waals surface area contributed by atoms with Gasteiger partial charge < -0.3 is 14.8 Å². The Labute approximate surface area is 84.0 Å². The van der Waals surface area contributed by atoms with Crippen molar-refractivity contribution in [2.45, 2.75) is 5.57 Å². The summed E-state index contributed by atoms with van der Waals surface area (Å²) in [6, 6.07) is 4.79. The monoisotopic (exact) mass is 222 g/mol. The quantitative estimate of drug-likeness (QED) is 0.579. The average molecular weight is 222 g/mol. The number of alkyl halides is 3. The molecule has 0 amide bonds. The number of hydrogen-bond acceptors (Lipinski definition) is 3. The van der Waals surface area contributed by atoms with Gasteiger partial charge in [-0.15, -0.1) is 8.78 Å². The van der Waals surface area contributed by atoms with E-state index in [2.05, 4.69) is 16.3 Å². The molecule has 1 rings (SSSR count). The highest BCUT2D eigenvalue weighted by Gasteiger charge is 2.27. The van der Waals surface area contributed by atoms with Crippen molar-refractivity contribution in [1.82, 2.24) is 0 Å². The van der Waals surface area contributed by atoms with Crippen LogP contribution in [0.2, 0.25) is 0 Å². The molecule has 0 fully saturated rings. The molecule has 0 aliphatic carbocycles. The molecule has 0 spiro atoms. The molecule has 0 bridgehead atoms. The molecule has 3 nitrogen and oxygen atoms in total. The molecule has 0 saturated carbocycles. The van der Waals surface area contributed by atoms with Crippen LogP contribution in [0.15, 0.2) is 24.3 Å². The van der Waals surface area contributed by atoms with Crippen LogP contribution >= 0.6 is 11.6 Å². The van der Waals surface area contributed by atoms with Gasteiger partial charge in [0.05, 0.1) is 0 Å². The Balaban J connectivity index is 2.74. The van der Waals surface area contributed by atoms with Crippen LogP contribution in [0.3, 0.4) is 0 Å². The minimum atomic E-state index is -3.76. The van der Waals surface area contributed by atoms with Crippen molar-refractivity contribution in [2.24, 2.45) is 0 Å². The first-order valence-electron chi connectivity index (χ1n) is 3.60. The van der Waals surface area contributed by atoms with Crippen molar-refractivity contribution in [2.75, 3.05) is 0 Å². The van der Waals surface area contributed by atoms with E-state index in [0.717, 1.165) is 12.1 Å². The zero-order valence-electron chi connectivity index (χ0n) is 6.82. The lowest BCUT2D eigenvalue weighted by atomic mass is 9.80. The van der Waals surface area contributed by atoms with Gasteiger partial charge in [0.15, 0.2) is 0 Å². The molecule has 0 aliphatic rings. The molecule has 0 saturated heterocycles. The second kappa shape index (κ2) is 4.12. The molecule has 0 heterocycles. The van der Waals surface area contributed by atoms with Gasteiger partial charge in [-0.3, -0.25) is 0 Å². The van der Waals surface area contributed by atoms with Crippen molar-refractivity contribution >= 4 is 24.2 Å². The lowest BCUT2D eigenvalue weighted by Crippen LogP contribution is -2.29. The first-order chi connectivity index (χ1) is 6.38. The fourth-order valence-corrected chi connectivity index (χ4v) is 0.931. The van der Waals surface area contributed by atoms with E-state index >= 15 is 0 Å². The SMILES string of the molecule is OB(O)c1ccc(OC(F)(F)Cl)cc1. The van der Waals surface area contributed by atoms with Crippen LogP contribution in [0.4, 0.5) is 8.78 Å². The van der Waals surface area contributed by atoms with Crippen LogP contribution in [0, 0.1) is 0 Å². The number of rotatable bonds is 3. The summed E-state index contributed by atoms with van der Waals surface area (Å²) < 4.78 is 28.2. The van der Waals surface area contributed by atoms with Crippen molar-refractivity contribution in [1.29, 1.82) is 0 Å². The highest BCUT2D eigenvalue weighted by atomic mass is 35.5. The first kappa shape index (κ1) is 11.2. The van der Waals surface area contributed by atoms with Gasteiger partial charge in [-0.05, 0) is 17.6 Å². The Bertz CT molecular complexity index is 299. The van der Waals surface area contributed by atoms with Crippen LogP contribution in [-0.4, -0.2) is 22.7 Å². The Morgan fingerprint density at radius 3 is 2.07 bits per heavy atom. The fraction of sp³-hybridized carbons (Fsp3) is 0.143. The van der Waals surface area contributed by atoms with Crippen LogP contribution in [-0.2, 0) is 0 Å². The van der Waals surface area contributed by atoms with Crippen molar-refractivity contribution < 1.29 is 23.6 Å². The second-order valence-electron chi connectivity index (χ2n) is 2.49. The van der Waals surface area contributed by atoms with Crippen LogP contribution in [0.1, 0.15) is 0 Å². The molecule has 1 aromatic rings. The Kier molecular flexibility index (Phi) is 3.31. The maximum absolute atomic E-state index is 12.1. The third-order valence-corrected chi connectivity index (χ3v) is 1.49. The lowest BCUT2D eigenvalue weighted by molar-refractivity contribution is -0.0964. The largest absolute Gasteiger partial charge is 0.488 e. The molecule has 0 atom stereocenters. The van der Waals surface area contributed by atoms with Crippen LogP contribution < -0.4 is 10.2 Å². The third-order valence-electron chi connectivity index (χ3n) is 1.41. The smallest absolute Gasteiger partial charge is 0.423 e. The minimum absolute atomic E-state index is 0.158. The predicted octanol–water partition coefficient (Wildman–Crippen LogP) is 0.534. The standard InChI is InChI=1S/C7H6BClF2O3/c9-7(10,11)14-6-3-1-5(2-4-6)8(12)13/h1-4,12-13H. The average Bonchev–Trinajstić information content (AvgIpc) is 2.02. The maximum atomic E-state index is 12.1. The highest BCUT2D eigenvalue weighted by Crippen LogP contribution is 2.23. The van der Waals surface area contributed by atoms with Gasteiger partial charge in [0, 0.05) is 11.6 Å². The summed E-state index contributed by atoms with van der Waals surface area (Å²) >= 11 is 4.52. The number of benzene rings is 1. The summed E-state index contributed by atoms with van der Waals surface area (Å²) in [4.78, 5) is 0. The zero-order valence-corrected chi connectivity index (χ0v) is 7.58. The van der Waals surface area contributed by atoms with Gasteiger partial charge in [-0.25, -0.2) is 0 Å². The predicted molar refractivity (Wildman–Crippen MR) is 47.7 cm³/mol. The van der Waals surface area contributed by atoms with Gasteiger partial charge in [0.2, 0.25) is 0 Å². The Morgan fingerprint density at radius 2 is 1.71 bits per heavy atom. The molecule has 1 aromatic carbocycles. The zero-order chi connectivity index (χ0) is 10.8. The Morgan fingerprint density at radius 1 is 1.21 bits per heavy atom. The van der Waals surface area contributed by atoms with E-state index in [0.29, 0.717) is 0 Å². The minimum Gasteiger partial charge on any atom is -0.423 e. The summed E-state index contributed by atoms with van der Waals surface area (Å²) in [5, 5.41) is 17.4. The van der Waals surface area contributed by atoms with Crippen LogP contribution in [0.5, 0.6) is 5.75 Å². The molecule has 14 heavy (non-hydrogen) atoms. The molecular formula is C7H6BClF2O3. The van der Waals surface area contributed by atoms with E-state index in [4.69, 9.17) is 10.0 Å². The second-order valence-corrected chi connectivity index (χ2v) is 2.93. The summed E-state index contributed by atoms with van der Waals surface area (Å²) in [7, 11) is -1.64. The first-order valence-corrected chi connectivity index (χ1v) is 3.98.